The number of halogens is 1. The normalized spacial score (nSPS) is 27.1. The summed E-state index contributed by atoms with van der Waals surface area (Å²) in [5, 5.41) is 8.43. The van der Waals surface area contributed by atoms with Gasteiger partial charge in [0, 0.05) is 37.4 Å². The van der Waals surface area contributed by atoms with Crippen LogP contribution in [0.15, 0.2) is 34.9 Å². The quantitative estimate of drug-likeness (QED) is 0.192. The summed E-state index contributed by atoms with van der Waals surface area (Å²) in [4.78, 5) is 37.0. The lowest BCUT2D eigenvalue weighted by atomic mass is 9.85. The standard InChI is InChI=1S/C20H24N6O2S.HI/c1-2-21-19(23-10-14-11-25-7-8-29-20(25)24-14)22-5-6-26-17(27)15-12-3-4-13(9-12)16(15)18(26)28;/h3-4,7-8,11-13,15-16H,2,5-6,9-10H2,1H3,(H2,21,22,23);1H. The smallest absolute Gasteiger partial charge is 0.233 e. The van der Waals surface area contributed by atoms with Gasteiger partial charge in [0.25, 0.3) is 0 Å². The van der Waals surface area contributed by atoms with Crippen molar-refractivity contribution in [3.05, 3.63) is 35.6 Å². The van der Waals surface area contributed by atoms with Crippen LogP contribution in [0.4, 0.5) is 0 Å². The first-order chi connectivity index (χ1) is 14.2. The van der Waals surface area contributed by atoms with Gasteiger partial charge in [-0.25, -0.2) is 9.98 Å². The largest absolute Gasteiger partial charge is 0.357 e. The molecule has 0 spiro atoms. The number of thiazole rings is 1. The molecule has 8 nitrogen and oxygen atoms in total. The Hall–Kier alpha value is -1.95. The van der Waals surface area contributed by atoms with E-state index >= 15 is 0 Å². The van der Waals surface area contributed by atoms with E-state index in [1.54, 1.807) is 11.3 Å². The highest BCUT2D eigenvalue weighted by Gasteiger charge is 2.58. The van der Waals surface area contributed by atoms with E-state index in [1.165, 1.54) is 4.90 Å². The maximum atomic E-state index is 12.7. The molecule has 2 N–H and O–H groups in total. The summed E-state index contributed by atoms with van der Waals surface area (Å²) in [6.07, 6.45) is 9.15. The summed E-state index contributed by atoms with van der Waals surface area (Å²) in [5.41, 5.74) is 0.898. The summed E-state index contributed by atoms with van der Waals surface area (Å²) in [5.74, 6) is 0.899. The van der Waals surface area contributed by atoms with Gasteiger partial charge in [-0.2, -0.15) is 0 Å². The van der Waals surface area contributed by atoms with Crippen molar-refractivity contribution < 1.29 is 9.59 Å². The molecule has 160 valence electrons. The highest BCUT2D eigenvalue weighted by Crippen LogP contribution is 2.52. The minimum absolute atomic E-state index is 0. The number of nitrogens with zero attached hydrogens (tertiary/aromatic N) is 4. The number of hydrogen-bond acceptors (Lipinski definition) is 5. The van der Waals surface area contributed by atoms with E-state index in [2.05, 4.69) is 32.8 Å². The molecule has 0 aromatic carbocycles. The van der Waals surface area contributed by atoms with Crippen LogP contribution in [0.2, 0.25) is 0 Å². The molecule has 2 bridgehead atoms. The predicted octanol–water partition coefficient (Wildman–Crippen LogP) is 1.88. The highest BCUT2D eigenvalue weighted by molar-refractivity contribution is 14.0. The molecule has 30 heavy (non-hydrogen) atoms. The molecule has 1 saturated carbocycles. The lowest BCUT2D eigenvalue weighted by Gasteiger charge is -2.18. The van der Waals surface area contributed by atoms with E-state index < -0.39 is 0 Å². The first-order valence-electron chi connectivity index (χ1n) is 10.1. The summed E-state index contributed by atoms with van der Waals surface area (Å²) < 4.78 is 1.99. The van der Waals surface area contributed by atoms with Crippen LogP contribution in [0.5, 0.6) is 0 Å². The Bertz CT molecular complexity index is 956. The molecule has 2 amide bonds. The lowest BCUT2D eigenvalue weighted by Crippen LogP contribution is -2.43. The van der Waals surface area contributed by atoms with Crippen molar-refractivity contribution in [2.75, 3.05) is 19.6 Å². The molecule has 1 aliphatic heterocycles. The molecule has 4 atom stereocenters. The fraction of sp³-hybridized carbons (Fsp3) is 0.500. The Morgan fingerprint density at radius 3 is 2.63 bits per heavy atom. The van der Waals surface area contributed by atoms with Crippen molar-refractivity contribution in [2.45, 2.75) is 19.9 Å². The Labute approximate surface area is 195 Å². The molecular weight excluding hydrogens is 515 g/mol. The van der Waals surface area contributed by atoms with Gasteiger partial charge in [-0.05, 0) is 25.2 Å². The van der Waals surface area contributed by atoms with Crippen molar-refractivity contribution in [2.24, 2.45) is 28.7 Å². The van der Waals surface area contributed by atoms with Crippen LogP contribution in [-0.4, -0.2) is 51.7 Å². The maximum absolute atomic E-state index is 12.7. The second-order valence-electron chi connectivity index (χ2n) is 7.78. The number of likely N-dealkylation sites (tertiary alicyclic amines) is 1. The average molecular weight is 540 g/mol. The average Bonchev–Trinajstić information content (AvgIpc) is 3.49. The van der Waals surface area contributed by atoms with Crippen LogP contribution < -0.4 is 10.6 Å². The molecule has 2 aromatic heterocycles. The van der Waals surface area contributed by atoms with Gasteiger partial charge in [0.2, 0.25) is 11.8 Å². The molecule has 5 rings (SSSR count). The third-order valence-corrected chi connectivity index (χ3v) is 6.85. The zero-order valence-electron chi connectivity index (χ0n) is 16.7. The number of imide groups is 1. The van der Waals surface area contributed by atoms with Crippen LogP contribution in [-0.2, 0) is 16.1 Å². The van der Waals surface area contributed by atoms with Crippen molar-refractivity contribution in [3.8, 4) is 0 Å². The molecule has 2 fully saturated rings. The van der Waals surface area contributed by atoms with Gasteiger partial charge in [-0.3, -0.25) is 18.9 Å². The molecule has 3 heterocycles. The molecule has 2 aromatic rings. The Morgan fingerprint density at radius 2 is 1.97 bits per heavy atom. The third kappa shape index (κ3) is 3.64. The van der Waals surface area contributed by atoms with Gasteiger partial charge >= 0.3 is 0 Å². The number of guanidine groups is 1. The van der Waals surface area contributed by atoms with Crippen LogP contribution >= 0.6 is 35.3 Å². The number of allylic oxidation sites excluding steroid dienone is 2. The highest BCUT2D eigenvalue weighted by atomic mass is 127. The zero-order chi connectivity index (χ0) is 20.0. The van der Waals surface area contributed by atoms with Crippen LogP contribution in [0.3, 0.4) is 0 Å². The SMILES string of the molecule is CCNC(=NCc1cn2ccsc2n1)NCCN1C(=O)C2C3C=CC(C3)C2C1=O.I. The van der Waals surface area contributed by atoms with E-state index in [1.807, 2.05) is 29.1 Å². The molecule has 2 aliphatic carbocycles. The van der Waals surface area contributed by atoms with Gasteiger partial charge in [-0.1, -0.05) is 12.2 Å². The summed E-state index contributed by atoms with van der Waals surface area (Å²) in [6, 6.07) is 0. The number of fused-ring (bicyclic) bond motifs is 6. The summed E-state index contributed by atoms with van der Waals surface area (Å²) >= 11 is 1.59. The number of carbonyl (C=O) groups is 2. The number of amides is 2. The fourth-order valence-electron chi connectivity index (χ4n) is 4.82. The predicted molar refractivity (Wildman–Crippen MR) is 126 cm³/mol. The van der Waals surface area contributed by atoms with E-state index in [-0.39, 0.29) is 59.5 Å². The minimum Gasteiger partial charge on any atom is -0.357 e. The van der Waals surface area contributed by atoms with Crippen LogP contribution in [0, 0.1) is 23.7 Å². The summed E-state index contributed by atoms with van der Waals surface area (Å²) in [7, 11) is 0. The van der Waals surface area contributed by atoms with E-state index in [0.29, 0.717) is 25.6 Å². The number of nitrogens with one attached hydrogen (secondary N) is 2. The number of rotatable bonds is 6. The van der Waals surface area contributed by atoms with Crippen molar-refractivity contribution in [1.29, 1.82) is 0 Å². The number of imidazole rings is 1. The lowest BCUT2D eigenvalue weighted by molar-refractivity contribution is -0.140. The molecule has 0 radical (unpaired) electrons. The molecule has 4 unspecified atom stereocenters. The molecular formula is C20H25IN6O2S. The van der Waals surface area contributed by atoms with Crippen molar-refractivity contribution in [1.82, 2.24) is 24.9 Å². The Morgan fingerprint density at radius 1 is 1.23 bits per heavy atom. The first-order valence-corrected chi connectivity index (χ1v) is 11.0. The topological polar surface area (TPSA) is 91.1 Å². The van der Waals surface area contributed by atoms with Crippen LogP contribution in [0.1, 0.15) is 19.0 Å². The fourth-order valence-corrected chi connectivity index (χ4v) is 5.54. The minimum atomic E-state index is -0.130. The Kier molecular flexibility index (Phi) is 6.14. The second kappa shape index (κ2) is 8.66. The van der Waals surface area contributed by atoms with Crippen molar-refractivity contribution >= 4 is 58.0 Å². The van der Waals surface area contributed by atoms with Gasteiger partial charge < -0.3 is 10.6 Å². The van der Waals surface area contributed by atoms with Crippen molar-refractivity contribution in [3.63, 3.8) is 0 Å². The number of aromatic nitrogens is 2. The second-order valence-corrected chi connectivity index (χ2v) is 8.65. The molecule has 1 saturated heterocycles. The number of aliphatic imine (C=N–C) groups is 1. The monoisotopic (exact) mass is 540 g/mol. The number of carbonyl (C=O) groups excluding carboxylic acids is 2. The molecule has 10 heteroatoms. The third-order valence-electron chi connectivity index (χ3n) is 6.08. The zero-order valence-corrected chi connectivity index (χ0v) is 19.8. The van der Waals surface area contributed by atoms with Gasteiger partial charge in [0.05, 0.1) is 24.1 Å². The number of hydrogen-bond donors (Lipinski definition) is 2. The van der Waals surface area contributed by atoms with Crippen LogP contribution in [0.25, 0.3) is 4.96 Å². The Balaban J connectivity index is 0.00000218. The summed E-state index contributed by atoms with van der Waals surface area (Å²) in [6.45, 7) is 4.04. The molecule has 3 aliphatic rings. The van der Waals surface area contributed by atoms with E-state index in [9.17, 15) is 9.59 Å². The maximum Gasteiger partial charge on any atom is 0.233 e. The first kappa shape index (κ1) is 21.3. The van der Waals surface area contributed by atoms with Gasteiger partial charge in [0.15, 0.2) is 10.9 Å². The van der Waals surface area contributed by atoms with E-state index in [0.717, 1.165) is 23.6 Å². The van der Waals surface area contributed by atoms with Gasteiger partial charge in [0.1, 0.15) is 0 Å². The van der Waals surface area contributed by atoms with Gasteiger partial charge in [-0.15, -0.1) is 35.3 Å². The van der Waals surface area contributed by atoms with E-state index in [4.69, 9.17) is 0 Å².